The van der Waals surface area contributed by atoms with E-state index in [9.17, 15) is 9.18 Å². The van der Waals surface area contributed by atoms with Gasteiger partial charge in [-0.05, 0) is 17.7 Å². The van der Waals surface area contributed by atoms with Gasteiger partial charge in [0.1, 0.15) is 5.82 Å². The Bertz CT molecular complexity index is 700. The molecule has 7 heteroatoms. The molecular weight excluding hydrogens is 311 g/mol. The molecule has 2 heterocycles. The van der Waals surface area contributed by atoms with E-state index in [1.807, 2.05) is 9.80 Å². The van der Waals surface area contributed by atoms with Gasteiger partial charge in [-0.15, -0.1) is 0 Å². The van der Waals surface area contributed by atoms with Gasteiger partial charge >= 0.3 is 0 Å². The molecule has 0 radical (unpaired) electrons. The minimum atomic E-state index is -0.293. The fraction of sp³-hybridized carbons (Fsp3) is 0.353. The predicted molar refractivity (Wildman–Crippen MR) is 87.5 cm³/mol. The zero-order valence-electron chi connectivity index (χ0n) is 13.5. The number of piperazine rings is 1. The van der Waals surface area contributed by atoms with Crippen LogP contribution in [0, 0.1) is 5.82 Å². The summed E-state index contributed by atoms with van der Waals surface area (Å²) in [6.07, 6.45) is 1.95. The Balaban J connectivity index is 1.56. The van der Waals surface area contributed by atoms with E-state index in [1.165, 1.54) is 12.1 Å². The van der Waals surface area contributed by atoms with E-state index in [4.69, 9.17) is 4.74 Å². The average Bonchev–Trinajstić information content (AvgIpc) is 2.64. The van der Waals surface area contributed by atoms with Crippen molar-refractivity contribution in [3.8, 4) is 5.88 Å². The van der Waals surface area contributed by atoms with Crippen LogP contribution < -0.4 is 9.64 Å². The number of rotatable bonds is 4. The van der Waals surface area contributed by atoms with Crippen LogP contribution in [0.5, 0.6) is 5.88 Å². The lowest BCUT2D eigenvalue weighted by atomic mass is 10.1. The Kier molecular flexibility index (Phi) is 4.88. The quantitative estimate of drug-likeness (QED) is 0.851. The molecule has 24 heavy (non-hydrogen) atoms. The van der Waals surface area contributed by atoms with Crippen molar-refractivity contribution in [1.82, 2.24) is 14.9 Å². The summed E-state index contributed by atoms with van der Waals surface area (Å²) in [6.45, 7) is 2.56. The van der Waals surface area contributed by atoms with Crippen LogP contribution in [-0.4, -0.2) is 54.1 Å². The third-order valence-electron chi connectivity index (χ3n) is 4.01. The van der Waals surface area contributed by atoms with E-state index in [-0.39, 0.29) is 18.1 Å². The number of hydrogen-bond acceptors (Lipinski definition) is 5. The Morgan fingerprint density at radius 1 is 1.17 bits per heavy atom. The van der Waals surface area contributed by atoms with Crippen LogP contribution in [0.4, 0.5) is 10.3 Å². The number of nitrogens with zero attached hydrogens (tertiary/aromatic N) is 4. The second-order valence-corrected chi connectivity index (χ2v) is 5.57. The van der Waals surface area contributed by atoms with E-state index in [0.717, 1.165) is 5.56 Å². The summed E-state index contributed by atoms with van der Waals surface area (Å²) in [5.41, 5.74) is 0.819. The molecule has 1 amide bonds. The van der Waals surface area contributed by atoms with Crippen LogP contribution in [-0.2, 0) is 11.2 Å². The Hall–Kier alpha value is -2.70. The lowest BCUT2D eigenvalue weighted by molar-refractivity contribution is -0.130. The van der Waals surface area contributed by atoms with Gasteiger partial charge in [0, 0.05) is 38.4 Å². The zero-order valence-corrected chi connectivity index (χ0v) is 13.5. The lowest BCUT2D eigenvalue weighted by Gasteiger charge is -2.34. The van der Waals surface area contributed by atoms with E-state index in [2.05, 4.69) is 9.97 Å². The summed E-state index contributed by atoms with van der Waals surface area (Å²) in [6, 6.07) is 7.74. The zero-order chi connectivity index (χ0) is 16.9. The van der Waals surface area contributed by atoms with Gasteiger partial charge in [0.15, 0.2) is 0 Å². The molecule has 0 unspecified atom stereocenters. The number of halogens is 1. The summed E-state index contributed by atoms with van der Waals surface area (Å²) >= 11 is 0. The highest BCUT2D eigenvalue weighted by molar-refractivity contribution is 5.79. The van der Waals surface area contributed by atoms with E-state index in [0.29, 0.717) is 38.0 Å². The molecule has 2 aromatic rings. The number of methoxy groups -OCH3 is 1. The van der Waals surface area contributed by atoms with Gasteiger partial charge in [0.2, 0.25) is 17.7 Å². The minimum Gasteiger partial charge on any atom is -0.481 e. The molecule has 1 aromatic carbocycles. The van der Waals surface area contributed by atoms with E-state index < -0.39 is 0 Å². The van der Waals surface area contributed by atoms with Crippen LogP contribution in [0.15, 0.2) is 36.5 Å². The lowest BCUT2D eigenvalue weighted by Crippen LogP contribution is -2.49. The normalized spacial score (nSPS) is 14.6. The summed E-state index contributed by atoms with van der Waals surface area (Å²) in [7, 11) is 1.57. The van der Waals surface area contributed by atoms with Crippen molar-refractivity contribution in [3.63, 3.8) is 0 Å². The van der Waals surface area contributed by atoms with Gasteiger partial charge in [-0.2, -0.15) is 4.98 Å². The van der Waals surface area contributed by atoms with Gasteiger partial charge in [-0.1, -0.05) is 12.1 Å². The molecule has 1 aromatic heterocycles. The molecule has 6 nitrogen and oxygen atoms in total. The van der Waals surface area contributed by atoms with Gasteiger partial charge in [-0.3, -0.25) is 4.79 Å². The first kappa shape index (κ1) is 16.2. The highest BCUT2D eigenvalue weighted by atomic mass is 19.1. The maximum atomic E-state index is 12.9. The first-order valence-electron chi connectivity index (χ1n) is 7.80. The molecule has 126 valence electrons. The Morgan fingerprint density at radius 3 is 2.54 bits per heavy atom. The smallest absolute Gasteiger partial charge is 0.228 e. The number of carbonyl (C=O) groups excluding carboxylic acids is 1. The van der Waals surface area contributed by atoms with Gasteiger partial charge < -0.3 is 14.5 Å². The van der Waals surface area contributed by atoms with Crippen molar-refractivity contribution in [1.29, 1.82) is 0 Å². The van der Waals surface area contributed by atoms with Crippen LogP contribution in [0.2, 0.25) is 0 Å². The Labute approximate surface area is 139 Å². The number of anilines is 1. The maximum absolute atomic E-state index is 12.9. The molecule has 1 aliphatic rings. The molecule has 1 fully saturated rings. The first-order valence-corrected chi connectivity index (χ1v) is 7.80. The summed E-state index contributed by atoms with van der Waals surface area (Å²) < 4.78 is 18.0. The van der Waals surface area contributed by atoms with Crippen molar-refractivity contribution < 1.29 is 13.9 Å². The second kappa shape index (κ2) is 7.25. The van der Waals surface area contributed by atoms with Crippen LogP contribution in [0.1, 0.15) is 5.56 Å². The molecule has 0 atom stereocenters. The standard InChI is InChI=1S/C17H19FN4O2/c1-24-15-6-7-19-17(20-15)22-10-8-21(9-11-22)16(23)12-13-2-4-14(18)5-3-13/h2-7H,8-12H2,1H3. The number of amides is 1. The summed E-state index contributed by atoms with van der Waals surface area (Å²) in [4.78, 5) is 24.8. The van der Waals surface area contributed by atoms with Crippen molar-refractivity contribution in [2.75, 3.05) is 38.2 Å². The topological polar surface area (TPSA) is 58.6 Å². The fourth-order valence-electron chi connectivity index (χ4n) is 2.64. The largest absolute Gasteiger partial charge is 0.481 e. The second-order valence-electron chi connectivity index (χ2n) is 5.57. The monoisotopic (exact) mass is 330 g/mol. The third-order valence-corrected chi connectivity index (χ3v) is 4.01. The highest BCUT2D eigenvalue weighted by Gasteiger charge is 2.22. The van der Waals surface area contributed by atoms with Gasteiger partial charge in [0.25, 0.3) is 0 Å². The molecular formula is C17H19FN4O2. The molecule has 0 spiro atoms. The molecule has 0 N–H and O–H groups in total. The highest BCUT2D eigenvalue weighted by Crippen LogP contribution is 2.15. The predicted octanol–water partition coefficient (Wildman–Crippen LogP) is 1.52. The van der Waals surface area contributed by atoms with Crippen LogP contribution >= 0.6 is 0 Å². The maximum Gasteiger partial charge on any atom is 0.228 e. The Morgan fingerprint density at radius 2 is 1.88 bits per heavy atom. The van der Waals surface area contributed by atoms with Crippen molar-refractivity contribution in [2.24, 2.45) is 0 Å². The van der Waals surface area contributed by atoms with Crippen LogP contribution in [0.25, 0.3) is 0 Å². The SMILES string of the molecule is COc1ccnc(N2CCN(C(=O)Cc3ccc(F)cc3)CC2)n1. The summed E-state index contributed by atoms with van der Waals surface area (Å²) in [5, 5.41) is 0. The van der Waals surface area contributed by atoms with E-state index in [1.54, 1.807) is 31.5 Å². The van der Waals surface area contributed by atoms with Crippen molar-refractivity contribution in [2.45, 2.75) is 6.42 Å². The number of hydrogen-bond donors (Lipinski definition) is 0. The number of carbonyl (C=O) groups is 1. The van der Waals surface area contributed by atoms with Crippen molar-refractivity contribution in [3.05, 3.63) is 47.9 Å². The minimum absolute atomic E-state index is 0.0489. The fourth-order valence-corrected chi connectivity index (χ4v) is 2.64. The molecule has 0 bridgehead atoms. The van der Waals surface area contributed by atoms with Crippen LogP contribution in [0.3, 0.4) is 0 Å². The third kappa shape index (κ3) is 3.79. The van der Waals surface area contributed by atoms with Gasteiger partial charge in [0.05, 0.1) is 13.5 Å². The average molecular weight is 330 g/mol. The molecule has 1 aliphatic heterocycles. The molecule has 0 aliphatic carbocycles. The van der Waals surface area contributed by atoms with Gasteiger partial charge in [-0.25, -0.2) is 9.37 Å². The number of ether oxygens (including phenoxy) is 1. The molecule has 0 saturated carbocycles. The first-order chi connectivity index (χ1) is 11.7. The number of aromatic nitrogens is 2. The number of benzene rings is 1. The molecule has 3 rings (SSSR count). The van der Waals surface area contributed by atoms with Crippen molar-refractivity contribution >= 4 is 11.9 Å². The summed E-state index contributed by atoms with van der Waals surface area (Å²) in [5.74, 6) is 0.890. The van der Waals surface area contributed by atoms with E-state index >= 15 is 0 Å². The molecule has 1 saturated heterocycles.